The smallest absolute Gasteiger partial charge is 0.169 e. The Morgan fingerprint density at radius 3 is 1.13 bits per heavy atom. The first kappa shape index (κ1) is 21.3. The van der Waals surface area contributed by atoms with E-state index in [2.05, 4.69) is 68.2 Å². The van der Waals surface area contributed by atoms with E-state index in [9.17, 15) is 0 Å². The molecule has 0 amide bonds. The summed E-state index contributed by atoms with van der Waals surface area (Å²) in [6.45, 7) is 6.07. The Morgan fingerprint density at radius 2 is 0.800 bits per heavy atom. The van der Waals surface area contributed by atoms with Gasteiger partial charge in [-0.2, -0.15) is 0 Å². The molecule has 0 atom stereocenters. The second-order valence-electron chi connectivity index (χ2n) is 6.83. The van der Waals surface area contributed by atoms with Crippen molar-refractivity contribution in [2.24, 2.45) is 0 Å². The van der Waals surface area contributed by atoms with Crippen LogP contribution in [-0.4, -0.2) is 9.97 Å². The van der Waals surface area contributed by atoms with E-state index in [-0.39, 0.29) is 0 Å². The first-order valence-electron chi connectivity index (χ1n) is 10.7. The van der Waals surface area contributed by atoms with Gasteiger partial charge < -0.3 is 0 Å². The van der Waals surface area contributed by atoms with Crippen molar-refractivity contribution < 1.29 is 9.13 Å². The highest BCUT2D eigenvalue weighted by molar-refractivity contribution is 5.61. The zero-order chi connectivity index (χ0) is 21.0. The van der Waals surface area contributed by atoms with E-state index in [4.69, 9.17) is 0 Å². The Hall–Kier alpha value is -3.40. The van der Waals surface area contributed by atoms with Gasteiger partial charge >= 0.3 is 0 Å². The van der Waals surface area contributed by atoms with Crippen LogP contribution in [0.25, 0.3) is 22.3 Å². The van der Waals surface area contributed by atoms with Gasteiger partial charge in [-0.05, 0) is 46.5 Å². The van der Waals surface area contributed by atoms with Gasteiger partial charge in [0, 0.05) is 61.9 Å². The van der Waals surface area contributed by atoms with Crippen LogP contribution in [0.15, 0.2) is 98.1 Å². The van der Waals surface area contributed by atoms with E-state index in [0.29, 0.717) is 0 Å². The normalized spacial score (nSPS) is 10.2. The van der Waals surface area contributed by atoms with E-state index in [1.54, 1.807) is 0 Å². The third-order valence-electron chi connectivity index (χ3n) is 4.89. The van der Waals surface area contributed by atoms with Crippen molar-refractivity contribution in [2.45, 2.75) is 39.8 Å². The molecule has 0 bridgehead atoms. The average molecular weight is 399 g/mol. The van der Waals surface area contributed by atoms with Gasteiger partial charge in [-0.25, -0.2) is 9.13 Å². The molecule has 0 saturated carbocycles. The SMILES string of the molecule is CC.c1cc(-c2cc[n+](CCCC[n+]3ccc(-c4ccncc4)cc3)cc2)ccn1. The number of rotatable bonds is 7. The predicted octanol–water partition coefficient (Wildman–Crippen LogP) is 4.89. The molecule has 0 radical (unpaired) electrons. The molecule has 4 aromatic rings. The zero-order valence-corrected chi connectivity index (χ0v) is 17.9. The number of hydrogen-bond acceptors (Lipinski definition) is 2. The Labute approximate surface area is 179 Å². The summed E-state index contributed by atoms with van der Waals surface area (Å²) in [7, 11) is 0. The molecule has 0 spiro atoms. The minimum atomic E-state index is 1.03. The van der Waals surface area contributed by atoms with Gasteiger partial charge in [-0.1, -0.05) is 13.8 Å². The highest BCUT2D eigenvalue weighted by atomic mass is 14.9. The molecule has 0 N–H and O–H groups in total. The van der Waals surface area contributed by atoms with Crippen molar-refractivity contribution in [1.29, 1.82) is 0 Å². The molecule has 4 heterocycles. The van der Waals surface area contributed by atoms with Gasteiger partial charge in [-0.15, -0.1) is 0 Å². The summed E-state index contributed by atoms with van der Waals surface area (Å²) in [4.78, 5) is 8.15. The van der Waals surface area contributed by atoms with Gasteiger partial charge in [0.1, 0.15) is 13.1 Å². The summed E-state index contributed by atoms with van der Waals surface area (Å²) < 4.78 is 4.50. The molecule has 4 rings (SSSR count). The third-order valence-corrected chi connectivity index (χ3v) is 4.89. The highest BCUT2D eigenvalue weighted by Gasteiger charge is 2.06. The van der Waals surface area contributed by atoms with Crippen molar-refractivity contribution in [3.05, 3.63) is 98.1 Å². The monoisotopic (exact) mass is 398 g/mol. The van der Waals surface area contributed by atoms with Crippen molar-refractivity contribution in [3.63, 3.8) is 0 Å². The van der Waals surface area contributed by atoms with E-state index in [1.807, 2.05) is 62.9 Å². The van der Waals surface area contributed by atoms with Crippen molar-refractivity contribution >= 4 is 0 Å². The second kappa shape index (κ2) is 11.6. The Kier molecular flexibility index (Phi) is 8.22. The van der Waals surface area contributed by atoms with Gasteiger partial charge in [0.2, 0.25) is 0 Å². The lowest BCUT2D eigenvalue weighted by Gasteiger charge is -2.02. The quantitative estimate of drug-likeness (QED) is 0.328. The van der Waals surface area contributed by atoms with Gasteiger partial charge in [-0.3, -0.25) is 9.97 Å². The summed E-state index contributed by atoms with van der Waals surface area (Å²) in [5.74, 6) is 0. The maximum absolute atomic E-state index is 4.07. The maximum atomic E-state index is 4.07. The van der Waals surface area contributed by atoms with Crippen LogP contribution < -0.4 is 9.13 Å². The summed E-state index contributed by atoms with van der Waals surface area (Å²) in [6, 6.07) is 16.8. The van der Waals surface area contributed by atoms with E-state index in [1.165, 1.54) is 22.3 Å². The van der Waals surface area contributed by atoms with Gasteiger partial charge in [0.15, 0.2) is 24.8 Å². The molecule has 4 heteroatoms. The number of unbranched alkanes of at least 4 members (excludes halogenated alkanes) is 1. The van der Waals surface area contributed by atoms with Crippen molar-refractivity contribution in [1.82, 2.24) is 9.97 Å². The molecule has 0 unspecified atom stereocenters. The largest absolute Gasteiger partial charge is 0.265 e. The van der Waals surface area contributed by atoms with E-state index >= 15 is 0 Å². The number of aryl methyl sites for hydroxylation is 2. The minimum Gasteiger partial charge on any atom is -0.265 e. The maximum Gasteiger partial charge on any atom is 0.169 e. The standard InChI is InChI=1S/C24H24N4.C2H6/c1(15-27-17-7-23(8-18-27)21-3-11-25-12-4-21)2-16-28-19-9-24(10-20-28)22-5-13-26-14-6-22;1-2/h3-14,17-20H,1-2,15-16H2;1-2H3/q+2;. The first-order valence-corrected chi connectivity index (χ1v) is 10.7. The summed E-state index contributed by atoms with van der Waals surface area (Å²) in [5.41, 5.74) is 4.86. The van der Waals surface area contributed by atoms with E-state index in [0.717, 1.165) is 25.9 Å². The van der Waals surface area contributed by atoms with Crippen LogP contribution in [0.5, 0.6) is 0 Å². The summed E-state index contributed by atoms with van der Waals surface area (Å²) >= 11 is 0. The average Bonchev–Trinajstić information content (AvgIpc) is 2.85. The molecule has 0 fully saturated rings. The van der Waals surface area contributed by atoms with E-state index < -0.39 is 0 Å². The lowest BCUT2D eigenvalue weighted by molar-refractivity contribution is -0.708. The molecule has 0 aliphatic rings. The van der Waals surface area contributed by atoms with Gasteiger partial charge in [0.25, 0.3) is 0 Å². The fourth-order valence-corrected chi connectivity index (χ4v) is 3.28. The molecule has 4 aromatic heterocycles. The van der Waals surface area contributed by atoms with Crippen LogP contribution in [0.1, 0.15) is 26.7 Å². The van der Waals surface area contributed by atoms with Crippen LogP contribution in [0.3, 0.4) is 0 Å². The number of pyridine rings is 4. The minimum absolute atomic E-state index is 1.03. The molecule has 0 saturated heterocycles. The van der Waals surface area contributed by atoms with Crippen LogP contribution in [0.2, 0.25) is 0 Å². The molecule has 30 heavy (non-hydrogen) atoms. The Bertz CT molecular complexity index is 898. The van der Waals surface area contributed by atoms with Crippen LogP contribution in [-0.2, 0) is 13.1 Å². The number of aromatic nitrogens is 4. The summed E-state index contributed by atoms with van der Waals surface area (Å²) in [6.07, 6.45) is 18.3. The predicted molar refractivity (Wildman–Crippen MR) is 120 cm³/mol. The van der Waals surface area contributed by atoms with Crippen molar-refractivity contribution in [3.8, 4) is 22.3 Å². The fraction of sp³-hybridized carbons (Fsp3) is 0.231. The molecule has 0 aliphatic carbocycles. The van der Waals surface area contributed by atoms with Crippen LogP contribution in [0, 0.1) is 0 Å². The van der Waals surface area contributed by atoms with Crippen LogP contribution >= 0.6 is 0 Å². The number of nitrogens with zero attached hydrogens (tertiary/aromatic N) is 4. The lowest BCUT2D eigenvalue weighted by atomic mass is 10.1. The lowest BCUT2D eigenvalue weighted by Crippen LogP contribution is -2.35. The van der Waals surface area contributed by atoms with Gasteiger partial charge in [0.05, 0.1) is 0 Å². The molecular formula is C26H30N4+2. The third kappa shape index (κ3) is 6.05. The highest BCUT2D eigenvalue weighted by Crippen LogP contribution is 2.16. The Balaban J connectivity index is 0.00000124. The van der Waals surface area contributed by atoms with Crippen LogP contribution in [0.4, 0.5) is 0 Å². The number of hydrogen-bond donors (Lipinski definition) is 0. The van der Waals surface area contributed by atoms with Crippen molar-refractivity contribution in [2.75, 3.05) is 0 Å². The first-order chi connectivity index (χ1) is 14.9. The Morgan fingerprint density at radius 1 is 0.500 bits per heavy atom. The fourth-order valence-electron chi connectivity index (χ4n) is 3.28. The molecule has 152 valence electrons. The molecular weight excluding hydrogens is 368 g/mol. The molecule has 0 aliphatic heterocycles. The summed E-state index contributed by atoms with van der Waals surface area (Å²) in [5, 5.41) is 0. The molecule has 4 nitrogen and oxygen atoms in total. The second-order valence-corrected chi connectivity index (χ2v) is 6.83. The molecule has 0 aromatic carbocycles. The zero-order valence-electron chi connectivity index (χ0n) is 17.9. The topological polar surface area (TPSA) is 33.5 Å².